The van der Waals surface area contributed by atoms with E-state index < -0.39 is 0 Å². The van der Waals surface area contributed by atoms with E-state index in [-0.39, 0.29) is 10.8 Å². The second-order valence-corrected chi connectivity index (χ2v) is 9.02. The quantitative estimate of drug-likeness (QED) is 0.550. The van der Waals surface area contributed by atoms with Crippen LogP contribution in [0.1, 0.15) is 63.8 Å². The smallest absolute Gasteiger partial charge is 0.0931 e. The van der Waals surface area contributed by atoms with Crippen molar-refractivity contribution in [3.05, 3.63) is 65.0 Å². The lowest BCUT2D eigenvalue weighted by Gasteiger charge is -2.19. The molecule has 0 radical (unpaired) electrons. The summed E-state index contributed by atoms with van der Waals surface area (Å²) < 4.78 is 0. The number of imidazole rings is 1. The monoisotopic (exact) mass is 347 g/mol. The van der Waals surface area contributed by atoms with E-state index in [1.165, 1.54) is 22.3 Å². The summed E-state index contributed by atoms with van der Waals surface area (Å²) >= 11 is 0. The first kappa shape index (κ1) is 18.4. The maximum Gasteiger partial charge on any atom is 0.0931 e. The van der Waals surface area contributed by atoms with Crippen molar-refractivity contribution < 1.29 is 0 Å². The minimum Gasteiger partial charge on any atom is -0.345 e. The Morgan fingerprint density at radius 2 is 1.50 bits per heavy atom. The van der Waals surface area contributed by atoms with Gasteiger partial charge in [-0.3, -0.25) is 4.99 Å². The van der Waals surface area contributed by atoms with Gasteiger partial charge in [0.15, 0.2) is 0 Å². The van der Waals surface area contributed by atoms with Gasteiger partial charge in [0.2, 0.25) is 0 Å². The van der Waals surface area contributed by atoms with Crippen LogP contribution in [0.3, 0.4) is 0 Å². The van der Waals surface area contributed by atoms with E-state index in [2.05, 4.69) is 92.9 Å². The Hall–Kier alpha value is -2.42. The van der Waals surface area contributed by atoms with Crippen molar-refractivity contribution in [2.24, 2.45) is 4.99 Å². The van der Waals surface area contributed by atoms with Crippen LogP contribution in [0.5, 0.6) is 0 Å². The van der Waals surface area contributed by atoms with E-state index in [1.54, 1.807) is 6.33 Å². The molecule has 0 saturated heterocycles. The van der Waals surface area contributed by atoms with E-state index in [0.717, 1.165) is 17.6 Å². The number of aromatic amines is 1. The Labute approximate surface area is 156 Å². The second-order valence-electron chi connectivity index (χ2n) is 9.02. The maximum atomic E-state index is 4.25. The normalized spacial score (nSPS) is 13.5. The molecule has 0 fully saturated rings. The number of hydrogen-bond acceptors (Lipinski definition) is 2. The number of fused-ring (bicyclic) bond motifs is 2. The van der Waals surface area contributed by atoms with Crippen LogP contribution in [0.2, 0.25) is 0 Å². The van der Waals surface area contributed by atoms with Gasteiger partial charge in [-0.25, -0.2) is 4.98 Å². The molecule has 2 heterocycles. The van der Waals surface area contributed by atoms with Crippen LogP contribution >= 0.6 is 0 Å². The topological polar surface area (TPSA) is 41.0 Å². The molecule has 3 heteroatoms. The second kappa shape index (κ2) is 6.71. The third-order valence-corrected chi connectivity index (χ3v) is 4.79. The van der Waals surface area contributed by atoms with Crippen molar-refractivity contribution in [1.82, 2.24) is 9.97 Å². The third-order valence-electron chi connectivity index (χ3n) is 4.79. The first-order valence-corrected chi connectivity index (χ1v) is 9.21. The average molecular weight is 348 g/mol. The summed E-state index contributed by atoms with van der Waals surface area (Å²) in [6, 6.07) is 13.0. The Bertz CT molecular complexity index is 934. The Kier molecular flexibility index (Phi) is 4.74. The summed E-state index contributed by atoms with van der Waals surface area (Å²) in [5, 5.41) is 0. The Balaban J connectivity index is 0.000000151. The number of aliphatic imine (C=N–C) groups is 1. The summed E-state index contributed by atoms with van der Waals surface area (Å²) in [5.74, 6) is 0. The van der Waals surface area contributed by atoms with Crippen molar-refractivity contribution in [2.45, 2.75) is 58.9 Å². The zero-order valence-corrected chi connectivity index (χ0v) is 16.7. The number of nitrogens with one attached hydrogen (secondary N) is 1. The van der Waals surface area contributed by atoms with E-state index in [1.807, 2.05) is 6.21 Å². The zero-order chi connectivity index (χ0) is 18.9. The van der Waals surface area contributed by atoms with Crippen LogP contribution < -0.4 is 0 Å². The van der Waals surface area contributed by atoms with Crippen molar-refractivity contribution in [3.8, 4) is 0 Å². The summed E-state index contributed by atoms with van der Waals surface area (Å²) in [6.45, 7) is 14.2. The van der Waals surface area contributed by atoms with Crippen molar-refractivity contribution in [2.75, 3.05) is 0 Å². The van der Waals surface area contributed by atoms with Gasteiger partial charge in [-0.05, 0) is 51.3 Å². The van der Waals surface area contributed by atoms with E-state index in [9.17, 15) is 0 Å². The SMILES string of the molecule is CC(C)(C)c1ccc2c(c1)C=NC2.CC(C)(C)c1ccc2nc[nH]c2c1. The molecule has 0 spiro atoms. The highest BCUT2D eigenvalue weighted by molar-refractivity contribution is 5.84. The van der Waals surface area contributed by atoms with Crippen molar-refractivity contribution in [3.63, 3.8) is 0 Å². The molecule has 26 heavy (non-hydrogen) atoms. The highest BCUT2D eigenvalue weighted by atomic mass is 14.9. The average Bonchev–Trinajstić information content (AvgIpc) is 3.21. The molecule has 0 amide bonds. The molecular formula is C23H29N3. The summed E-state index contributed by atoms with van der Waals surface area (Å²) in [7, 11) is 0. The predicted octanol–water partition coefficient (Wildman–Crippen LogP) is 5.78. The van der Waals surface area contributed by atoms with E-state index in [0.29, 0.717) is 0 Å². The number of nitrogens with zero attached hydrogens (tertiary/aromatic N) is 2. The van der Waals surface area contributed by atoms with E-state index in [4.69, 9.17) is 0 Å². The number of hydrogen-bond donors (Lipinski definition) is 1. The van der Waals surface area contributed by atoms with Gasteiger partial charge in [0.25, 0.3) is 0 Å². The highest BCUT2D eigenvalue weighted by Crippen LogP contribution is 2.26. The highest BCUT2D eigenvalue weighted by Gasteiger charge is 2.16. The molecule has 4 rings (SSSR count). The van der Waals surface area contributed by atoms with Gasteiger partial charge in [-0.15, -0.1) is 0 Å². The molecule has 0 bridgehead atoms. The molecule has 1 N–H and O–H groups in total. The van der Waals surface area contributed by atoms with Crippen molar-refractivity contribution >= 4 is 17.2 Å². The lowest BCUT2D eigenvalue weighted by Crippen LogP contribution is -2.11. The molecule has 1 aliphatic rings. The minimum absolute atomic E-state index is 0.208. The van der Waals surface area contributed by atoms with Crippen LogP contribution in [-0.4, -0.2) is 16.2 Å². The lowest BCUT2D eigenvalue weighted by atomic mass is 9.85. The summed E-state index contributed by atoms with van der Waals surface area (Å²) in [5.41, 5.74) is 7.98. The standard InChI is InChI=1S/C12H15N.C11H14N2/c1-12(2,3)11-5-4-9-7-13-8-10(9)6-11;1-11(2,3)8-4-5-9-10(6-8)13-7-12-9/h4-6,8H,7H2,1-3H3;4-7H,1-3H3,(H,12,13). The van der Waals surface area contributed by atoms with Gasteiger partial charge in [0.05, 0.1) is 23.9 Å². The molecule has 136 valence electrons. The van der Waals surface area contributed by atoms with Gasteiger partial charge in [0, 0.05) is 6.21 Å². The van der Waals surface area contributed by atoms with E-state index >= 15 is 0 Å². The fraction of sp³-hybridized carbons (Fsp3) is 0.391. The van der Waals surface area contributed by atoms with Crippen LogP contribution in [0.25, 0.3) is 11.0 Å². The summed E-state index contributed by atoms with van der Waals surface area (Å²) in [4.78, 5) is 11.6. The summed E-state index contributed by atoms with van der Waals surface area (Å²) in [6.07, 6.45) is 3.71. The molecular weight excluding hydrogens is 318 g/mol. The third kappa shape index (κ3) is 4.04. The molecule has 0 saturated carbocycles. The van der Waals surface area contributed by atoms with Gasteiger partial charge >= 0.3 is 0 Å². The number of rotatable bonds is 0. The first-order chi connectivity index (χ1) is 12.1. The van der Waals surface area contributed by atoms with Gasteiger partial charge in [0.1, 0.15) is 0 Å². The first-order valence-electron chi connectivity index (χ1n) is 9.21. The predicted molar refractivity (Wildman–Crippen MR) is 111 cm³/mol. The molecule has 1 aromatic heterocycles. The Morgan fingerprint density at radius 1 is 0.846 bits per heavy atom. The van der Waals surface area contributed by atoms with Gasteiger partial charge in [-0.1, -0.05) is 59.7 Å². The Morgan fingerprint density at radius 3 is 2.19 bits per heavy atom. The van der Waals surface area contributed by atoms with Crippen LogP contribution in [0.4, 0.5) is 0 Å². The molecule has 2 aromatic carbocycles. The molecule has 3 nitrogen and oxygen atoms in total. The number of aromatic nitrogens is 2. The van der Waals surface area contributed by atoms with Crippen LogP contribution in [-0.2, 0) is 17.4 Å². The molecule has 1 aliphatic heterocycles. The lowest BCUT2D eigenvalue weighted by molar-refractivity contribution is 0.590. The minimum atomic E-state index is 0.208. The van der Waals surface area contributed by atoms with Gasteiger partial charge < -0.3 is 4.98 Å². The van der Waals surface area contributed by atoms with Crippen LogP contribution in [0.15, 0.2) is 47.7 Å². The van der Waals surface area contributed by atoms with Crippen LogP contribution in [0, 0.1) is 0 Å². The molecule has 0 unspecified atom stereocenters. The zero-order valence-electron chi connectivity index (χ0n) is 16.7. The molecule has 3 aromatic rings. The largest absolute Gasteiger partial charge is 0.345 e. The molecule has 0 atom stereocenters. The van der Waals surface area contributed by atoms with Gasteiger partial charge in [-0.2, -0.15) is 0 Å². The number of benzene rings is 2. The fourth-order valence-electron chi connectivity index (χ4n) is 2.97. The van der Waals surface area contributed by atoms with Crippen molar-refractivity contribution in [1.29, 1.82) is 0 Å². The maximum absolute atomic E-state index is 4.25. The molecule has 0 aliphatic carbocycles. The number of H-pyrrole nitrogens is 1. The fourth-order valence-corrected chi connectivity index (χ4v) is 2.97.